The van der Waals surface area contributed by atoms with Crippen molar-refractivity contribution in [3.63, 3.8) is 0 Å². The summed E-state index contributed by atoms with van der Waals surface area (Å²) in [7, 11) is 1.86. The van der Waals surface area contributed by atoms with Crippen molar-refractivity contribution in [1.82, 2.24) is 9.80 Å². The lowest BCUT2D eigenvalue weighted by Gasteiger charge is -2.20. The van der Waals surface area contributed by atoms with Gasteiger partial charge in [-0.3, -0.25) is 0 Å². The molecule has 1 aliphatic rings. The Bertz CT molecular complexity index is 287. The van der Waals surface area contributed by atoms with E-state index < -0.39 is 0 Å². The fourth-order valence-electron chi connectivity index (χ4n) is 1.34. The van der Waals surface area contributed by atoms with E-state index in [9.17, 15) is 4.91 Å². The summed E-state index contributed by atoms with van der Waals surface area (Å²) < 4.78 is 5.52. The van der Waals surface area contributed by atoms with E-state index in [1.54, 1.807) is 0 Å². The fourth-order valence-corrected chi connectivity index (χ4v) is 1.34. The summed E-state index contributed by atoms with van der Waals surface area (Å²) in [5, 5.41) is 2.78. The van der Waals surface area contributed by atoms with Gasteiger partial charge in [0.2, 0.25) is 0 Å². The monoisotopic (exact) mass is 225 g/mol. The molecule has 1 rings (SSSR count). The second kappa shape index (κ2) is 6.27. The minimum atomic E-state index is 0.453. The molecule has 0 unspecified atom stereocenters. The van der Waals surface area contributed by atoms with Crippen LogP contribution in [-0.4, -0.2) is 30.2 Å². The Hall–Kier alpha value is -1.36. The number of nitrogens with zero attached hydrogens (tertiary/aromatic N) is 3. The maximum atomic E-state index is 10.2. The number of nitroso groups, excluding NO2 is 1. The van der Waals surface area contributed by atoms with Crippen molar-refractivity contribution < 1.29 is 4.74 Å². The van der Waals surface area contributed by atoms with Gasteiger partial charge in [0, 0.05) is 26.1 Å². The second-order valence-electron chi connectivity index (χ2n) is 4.19. The molecule has 0 bridgehead atoms. The molecule has 0 saturated heterocycles. The summed E-state index contributed by atoms with van der Waals surface area (Å²) in [5.41, 5.74) is 0. The maximum Gasteiger partial charge on any atom is 0.136 e. The molecule has 0 fully saturated rings. The molecule has 1 heterocycles. The molecule has 0 aromatic heterocycles. The molecule has 0 aromatic rings. The van der Waals surface area contributed by atoms with Crippen molar-refractivity contribution in [3.05, 3.63) is 29.3 Å². The molecule has 5 nitrogen and oxygen atoms in total. The molecule has 0 saturated carbocycles. The first kappa shape index (κ1) is 12.7. The van der Waals surface area contributed by atoms with E-state index in [1.807, 2.05) is 29.2 Å². The van der Waals surface area contributed by atoms with Gasteiger partial charge in [0.05, 0.1) is 0 Å². The Morgan fingerprint density at radius 2 is 2.25 bits per heavy atom. The zero-order valence-electron chi connectivity index (χ0n) is 10.1. The SMILES string of the molecule is CC(C)CCOCN1C=CN(C)/C1=C/N=O. The molecule has 0 spiro atoms. The van der Waals surface area contributed by atoms with Crippen LogP contribution in [-0.2, 0) is 4.74 Å². The summed E-state index contributed by atoms with van der Waals surface area (Å²) in [5.74, 6) is 1.38. The van der Waals surface area contributed by atoms with Crippen molar-refractivity contribution >= 4 is 0 Å². The van der Waals surface area contributed by atoms with E-state index in [2.05, 4.69) is 19.0 Å². The van der Waals surface area contributed by atoms with Crippen LogP contribution in [0.3, 0.4) is 0 Å². The van der Waals surface area contributed by atoms with Gasteiger partial charge in [-0.15, -0.1) is 4.91 Å². The van der Waals surface area contributed by atoms with E-state index >= 15 is 0 Å². The average molecular weight is 225 g/mol. The molecule has 0 aliphatic carbocycles. The molecular formula is C11H19N3O2. The van der Waals surface area contributed by atoms with Crippen molar-refractivity contribution in [2.75, 3.05) is 20.4 Å². The summed E-state index contributed by atoms with van der Waals surface area (Å²) in [4.78, 5) is 13.9. The van der Waals surface area contributed by atoms with Gasteiger partial charge in [0.25, 0.3) is 0 Å². The predicted octanol–water partition coefficient (Wildman–Crippen LogP) is 2.29. The highest BCUT2D eigenvalue weighted by atomic mass is 16.5. The molecule has 0 radical (unpaired) electrons. The number of rotatable bonds is 6. The zero-order valence-corrected chi connectivity index (χ0v) is 10.1. The third-order valence-corrected chi connectivity index (χ3v) is 2.36. The molecule has 90 valence electrons. The van der Waals surface area contributed by atoms with E-state index in [-0.39, 0.29) is 0 Å². The van der Waals surface area contributed by atoms with Crippen molar-refractivity contribution in [2.24, 2.45) is 11.1 Å². The number of hydrogen-bond donors (Lipinski definition) is 0. The molecule has 0 atom stereocenters. The van der Waals surface area contributed by atoms with E-state index in [1.165, 1.54) is 6.20 Å². The minimum absolute atomic E-state index is 0.453. The van der Waals surface area contributed by atoms with Crippen LogP contribution in [0.4, 0.5) is 0 Å². The van der Waals surface area contributed by atoms with Crippen LogP contribution in [0.2, 0.25) is 0 Å². The zero-order chi connectivity index (χ0) is 12.0. The van der Waals surface area contributed by atoms with Crippen LogP contribution >= 0.6 is 0 Å². The molecule has 0 aromatic carbocycles. The Morgan fingerprint density at radius 1 is 1.50 bits per heavy atom. The summed E-state index contributed by atoms with van der Waals surface area (Å²) in [6.07, 6.45) is 6.05. The van der Waals surface area contributed by atoms with Gasteiger partial charge in [-0.1, -0.05) is 13.8 Å². The second-order valence-corrected chi connectivity index (χ2v) is 4.19. The van der Waals surface area contributed by atoms with Crippen molar-refractivity contribution in [2.45, 2.75) is 20.3 Å². The van der Waals surface area contributed by atoms with Gasteiger partial charge >= 0.3 is 0 Å². The molecule has 16 heavy (non-hydrogen) atoms. The van der Waals surface area contributed by atoms with Crippen LogP contribution in [0, 0.1) is 10.8 Å². The highest BCUT2D eigenvalue weighted by Gasteiger charge is 2.16. The van der Waals surface area contributed by atoms with Gasteiger partial charge in [0.15, 0.2) is 0 Å². The lowest BCUT2D eigenvalue weighted by Crippen LogP contribution is -2.23. The van der Waals surface area contributed by atoms with Crippen LogP contribution in [0.1, 0.15) is 20.3 Å². The number of ether oxygens (including phenoxy) is 1. The van der Waals surface area contributed by atoms with E-state index in [4.69, 9.17) is 4.74 Å². The normalized spacial score (nSPS) is 17.9. The molecule has 1 aliphatic heterocycles. The molecule has 0 N–H and O–H groups in total. The fraction of sp³-hybridized carbons (Fsp3) is 0.636. The standard InChI is InChI=1S/C11H19N3O2/c1-10(2)4-7-16-9-14-6-5-13(3)11(14)8-12-15/h5-6,8,10H,4,7,9H2,1-3H3/b11-8-. The highest BCUT2D eigenvalue weighted by Crippen LogP contribution is 2.17. The van der Waals surface area contributed by atoms with Crippen LogP contribution < -0.4 is 0 Å². The first-order valence-corrected chi connectivity index (χ1v) is 5.43. The average Bonchev–Trinajstić information content (AvgIpc) is 2.56. The van der Waals surface area contributed by atoms with Gasteiger partial charge in [-0.25, -0.2) is 0 Å². The molecule has 5 heteroatoms. The largest absolute Gasteiger partial charge is 0.361 e. The number of hydrogen-bond acceptors (Lipinski definition) is 5. The van der Waals surface area contributed by atoms with E-state index in [0.29, 0.717) is 12.6 Å². The Balaban J connectivity index is 2.34. The third kappa shape index (κ3) is 3.66. The van der Waals surface area contributed by atoms with Gasteiger partial charge < -0.3 is 14.5 Å². The molecular weight excluding hydrogens is 206 g/mol. The maximum absolute atomic E-state index is 10.2. The Morgan fingerprint density at radius 3 is 2.88 bits per heavy atom. The quantitative estimate of drug-likeness (QED) is 0.514. The smallest absolute Gasteiger partial charge is 0.136 e. The lowest BCUT2D eigenvalue weighted by molar-refractivity contribution is 0.0590. The first-order valence-electron chi connectivity index (χ1n) is 5.43. The van der Waals surface area contributed by atoms with Gasteiger partial charge in [-0.2, -0.15) is 0 Å². The summed E-state index contributed by atoms with van der Waals surface area (Å²) >= 11 is 0. The van der Waals surface area contributed by atoms with E-state index in [0.717, 1.165) is 18.8 Å². The van der Waals surface area contributed by atoms with Crippen LogP contribution in [0.15, 0.2) is 29.6 Å². The topological polar surface area (TPSA) is 45.1 Å². The Kier molecular flexibility index (Phi) is 4.98. The van der Waals surface area contributed by atoms with Crippen LogP contribution in [0.5, 0.6) is 0 Å². The van der Waals surface area contributed by atoms with Crippen LogP contribution in [0.25, 0.3) is 0 Å². The molecule has 0 amide bonds. The van der Waals surface area contributed by atoms with Crippen molar-refractivity contribution in [3.8, 4) is 0 Å². The lowest BCUT2D eigenvalue weighted by atomic mass is 10.1. The summed E-state index contributed by atoms with van der Waals surface area (Å²) in [6, 6.07) is 0. The van der Waals surface area contributed by atoms with Gasteiger partial charge in [-0.05, 0) is 17.5 Å². The third-order valence-electron chi connectivity index (χ3n) is 2.36. The Labute approximate surface area is 96.3 Å². The minimum Gasteiger partial charge on any atom is -0.361 e. The highest BCUT2D eigenvalue weighted by molar-refractivity contribution is 5.12. The first-order chi connectivity index (χ1) is 7.65. The van der Waals surface area contributed by atoms with Gasteiger partial charge in [0.1, 0.15) is 18.8 Å². The van der Waals surface area contributed by atoms with Crippen molar-refractivity contribution in [1.29, 1.82) is 0 Å². The predicted molar refractivity (Wildman–Crippen MR) is 62.9 cm³/mol. The summed E-state index contributed by atoms with van der Waals surface area (Å²) in [6.45, 7) is 5.51.